The van der Waals surface area contributed by atoms with Crippen LogP contribution in [0.2, 0.25) is 0 Å². The fourth-order valence-corrected chi connectivity index (χ4v) is 2.05. The monoisotopic (exact) mass is 261 g/mol. The van der Waals surface area contributed by atoms with E-state index in [4.69, 9.17) is 15.2 Å². The highest BCUT2D eigenvalue weighted by atomic mass is 19.1. The van der Waals surface area contributed by atoms with Crippen LogP contribution in [0.15, 0.2) is 42.5 Å². The predicted octanol–water partition coefficient (Wildman–Crippen LogP) is 2.89. The van der Waals surface area contributed by atoms with Crippen molar-refractivity contribution in [1.82, 2.24) is 0 Å². The molecule has 100 valence electrons. The molecule has 0 heterocycles. The van der Waals surface area contributed by atoms with Crippen LogP contribution in [0.4, 0.5) is 4.39 Å². The van der Waals surface area contributed by atoms with Crippen LogP contribution in [0.3, 0.4) is 0 Å². The standard InChI is InChI=1S/C15H16FNO2/c1-18-13-9-5-7-11(15(13)19-2)14(17)10-6-3-4-8-12(10)16/h3-9,14H,17H2,1-2H3. The van der Waals surface area contributed by atoms with Crippen molar-refractivity contribution >= 4 is 0 Å². The minimum atomic E-state index is -0.605. The summed E-state index contributed by atoms with van der Waals surface area (Å²) in [6, 6.07) is 11.2. The lowest BCUT2D eigenvalue weighted by Crippen LogP contribution is -2.15. The number of benzene rings is 2. The van der Waals surface area contributed by atoms with E-state index in [9.17, 15) is 4.39 Å². The molecule has 2 aromatic carbocycles. The fraction of sp³-hybridized carbons (Fsp3) is 0.200. The van der Waals surface area contributed by atoms with E-state index >= 15 is 0 Å². The molecule has 1 atom stereocenters. The molecule has 0 aliphatic carbocycles. The minimum Gasteiger partial charge on any atom is -0.493 e. The van der Waals surface area contributed by atoms with Gasteiger partial charge in [0, 0.05) is 11.1 Å². The van der Waals surface area contributed by atoms with Crippen molar-refractivity contribution in [3.8, 4) is 11.5 Å². The molecule has 2 aromatic rings. The summed E-state index contributed by atoms with van der Waals surface area (Å²) < 4.78 is 24.3. The molecule has 1 unspecified atom stereocenters. The molecule has 0 aliphatic rings. The van der Waals surface area contributed by atoms with Crippen LogP contribution in [-0.4, -0.2) is 14.2 Å². The lowest BCUT2D eigenvalue weighted by molar-refractivity contribution is 0.350. The predicted molar refractivity (Wildman–Crippen MR) is 72.0 cm³/mol. The van der Waals surface area contributed by atoms with Crippen LogP contribution in [0, 0.1) is 5.82 Å². The number of ether oxygens (including phenoxy) is 2. The molecule has 2 rings (SSSR count). The first-order chi connectivity index (χ1) is 9.19. The van der Waals surface area contributed by atoms with Crippen molar-refractivity contribution in [3.63, 3.8) is 0 Å². The van der Waals surface area contributed by atoms with E-state index in [1.807, 2.05) is 0 Å². The number of rotatable bonds is 4. The number of hydrogen-bond acceptors (Lipinski definition) is 3. The largest absolute Gasteiger partial charge is 0.493 e. The SMILES string of the molecule is COc1cccc(C(N)c2ccccc2F)c1OC. The molecule has 0 fully saturated rings. The molecule has 4 heteroatoms. The second-order valence-electron chi connectivity index (χ2n) is 4.08. The molecule has 0 aliphatic heterocycles. The minimum absolute atomic E-state index is 0.333. The Morgan fingerprint density at radius 1 is 0.947 bits per heavy atom. The van der Waals surface area contributed by atoms with Crippen LogP contribution in [0.5, 0.6) is 11.5 Å². The number of halogens is 1. The molecule has 0 radical (unpaired) electrons. The van der Waals surface area contributed by atoms with Crippen LogP contribution >= 0.6 is 0 Å². The molecule has 0 bridgehead atoms. The van der Waals surface area contributed by atoms with Crippen LogP contribution in [-0.2, 0) is 0 Å². The van der Waals surface area contributed by atoms with Gasteiger partial charge in [-0.05, 0) is 12.1 Å². The van der Waals surface area contributed by atoms with Gasteiger partial charge < -0.3 is 15.2 Å². The molecule has 19 heavy (non-hydrogen) atoms. The highest BCUT2D eigenvalue weighted by Crippen LogP contribution is 2.36. The van der Waals surface area contributed by atoms with Crippen molar-refractivity contribution in [2.24, 2.45) is 5.73 Å². The first-order valence-corrected chi connectivity index (χ1v) is 5.90. The van der Waals surface area contributed by atoms with E-state index in [2.05, 4.69) is 0 Å². The molecular formula is C15H16FNO2. The number of methoxy groups -OCH3 is 2. The quantitative estimate of drug-likeness (QED) is 0.920. The second kappa shape index (κ2) is 5.71. The zero-order valence-electron chi connectivity index (χ0n) is 10.9. The Morgan fingerprint density at radius 2 is 1.63 bits per heavy atom. The molecule has 0 amide bonds. The van der Waals surface area contributed by atoms with Gasteiger partial charge in [0.15, 0.2) is 11.5 Å². The van der Waals surface area contributed by atoms with E-state index in [0.29, 0.717) is 22.6 Å². The summed E-state index contributed by atoms with van der Waals surface area (Å²) in [5, 5.41) is 0. The topological polar surface area (TPSA) is 44.5 Å². The first-order valence-electron chi connectivity index (χ1n) is 5.90. The van der Waals surface area contributed by atoms with Gasteiger partial charge in [-0.25, -0.2) is 4.39 Å². The van der Waals surface area contributed by atoms with Gasteiger partial charge in [-0.15, -0.1) is 0 Å². The average molecular weight is 261 g/mol. The third-order valence-electron chi connectivity index (χ3n) is 3.01. The summed E-state index contributed by atoms with van der Waals surface area (Å²) in [5.74, 6) is 0.771. The van der Waals surface area contributed by atoms with Crippen molar-refractivity contribution < 1.29 is 13.9 Å². The maximum absolute atomic E-state index is 13.8. The van der Waals surface area contributed by atoms with E-state index < -0.39 is 6.04 Å². The summed E-state index contributed by atoms with van der Waals surface area (Å²) in [4.78, 5) is 0. The third kappa shape index (κ3) is 2.53. The Balaban J connectivity index is 2.50. The second-order valence-corrected chi connectivity index (χ2v) is 4.08. The van der Waals surface area contributed by atoms with Gasteiger partial charge >= 0.3 is 0 Å². The van der Waals surface area contributed by atoms with E-state index in [0.717, 1.165) is 0 Å². The molecule has 0 saturated heterocycles. The number of nitrogens with two attached hydrogens (primary N) is 1. The average Bonchev–Trinajstić information content (AvgIpc) is 2.46. The van der Waals surface area contributed by atoms with Crippen molar-refractivity contribution in [2.45, 2.75) is 6.04 Å². The van der Waals surface area contributed by atoms with E-state index in [-0.39, 0.29) is 5.82 Å². The lowest BCUT2D eigenvalue weighted by Gasteiger charge is -2.18. The molecule has 0 spiro atoms. The van der Waals surface area contributed by atoms with Gasteiger partial charge in [-0.3, -0.25) is 0 Å². The van der Waals surface area contributed by atoms with Crippen molar-refractivity contribution in [1.29, 1.82) is 0 Å². The Labute approximate surface area is 111 Å². The molecular weight excluding hydrogens is 245 g/mol. The summed E-state index contributed by atoms with van der Waals surface area (Å²) in [5.41, 5.74) is 7.25. The number of hydrogen-bond donors (Lipinski definition) is 1. The summed E-state index contributed by atoms with van der Waals surface area (Å²) in [6.45, 7) is 0. The normalized spacial score (nSPS) is 12.0. The highest BCUT2D eigenvalue weighted by Gasteiger charge is 2.19. The van der Waals surface area contributed by atoms with E-state index in [1.54, 1.807) is 43.5 Å². The van der Waals surface area contributed by atoms with Gasteiger partial charge in [0.05, 0.1) is 20.3 Å². The first kappa shape index (κ1) is 13.4. The maximum Gasteiger partial charge on any atom is 0.165 e. The Morgan fingerprint density at radius 3 is 2.26 bits per heavy atom. The highest BCUT2D eigenvalue weighted by molar-refractivity contribution is 5.50. The van der Waals surface area contributed by atoms with Gasteiger partial charge in [0.2, 0.25) is 0 Å². The fourth-order valence-electron chi connectivity index (χ4n) is 2.05. The maximum atomic E-state index is 13.8. The zero-order chi connectivity index (χ0) is 13.8. The van der Waals surface area contributed by atoms with Gasteiger partial charge in [-0.2, -0.15) is 0 Å². The van der Waals surface area contributed by atoms with Crippen molar-refractivity contribution in [2.75, 3.05) is 14.2 Å². The smallest absolute Gasteiger partial charge is 0.165 e. The summed E-state index contributed by atoms with van der Waals surface area (Å²) >= 11 is 0. The Bertz CT molecular complexity index is 572. The van der Waals surface area contributed by atoms with Crippen LogP contribution < -0.4 is 15.2 Å². The van der Waals surface area contributed by atoms with Crippen molar-refractivity contribution in [3.05, 3.63) is 59.4 Å². The Hall–Kier alpha value is -2.07. The van der Waals surface area contributed by atoms with E-state index in [1.165, 1.54) is 13.2 Å². The molecule has 0 aromatic heterocycles. The summed E-state index contributed by atoms with van der Waals surface area (Å²) in [7, 11) is 3.09. The molecule has 0 saturated carbocycles. The van der Waals surface area contributed by atoms with Gasteiger partial charge in [-0.1, -0.05) is 30.3 Å². The number of para-hydroxylation sites is 1. The lowest BCUT2D eigenvalue weighted by atomic mass is 9.98. The molecule has 3 nitrogen and oxygen atoms in total. The molecule has 2 N–H and O–H groups in total. The third-order valence-corrected chi connectivity index (χ3v) is 3.01. The summed E-state index contributed by atoms with van der Waals surface area (Å²) in [6.07, 6.45) is 0. The van der Waals surface area contributed by atoms with Gasteiger partial charge in [0.25, 0.3) is 0 Å². The zero-order valence-corrected chi connectivity index (χ0v) is 10.9. The Kier molecular flexibility index (Phi) is 4.02. The van der Waals surface area contributed by atoms with Crippen LogP contribution in [0.1, 0.15) is 17.2 Å². The van der Waals surface area contributed by atoms with Crippen LogP contribution in [0.25, 0.3) is 0 Å². The van der Waals surface area contributed by atoms with Gasteiger partial charge in [0.1, 0.15) is 5.82 Å².